The molecule has 1 saturated carbocycles. The second-order valence-electron chi connectivity index (χ2n) is 5.91. The van der Waals surface area contributed by atoms with Gasteiger partial charge in [-0.25, -0.2) is 0 Å². The summed E-state index contributed by atoms with van der Waals surface area (Å²) < 4.78 is 5.56. The average Bonchev–Trinajstić information content (AvgIpc) is 3.34. The van der Waals surface area contributed by atoms with Crippen LogP contribution < -0.4 is 10.9 Å². The molecule has 0 bridgehead atoms. The van der Waals surface area contributed by atoms with Crippen LogP contribution in [0.2, 0.25) is 0 Å². The van der Waals surface area contributed by atoms with Gasteiger partial charge in [0, 0.05) is 16.9 Å². The lowest BCUT2D eigenvalue weighted by Gasteiger charge is -2.06. The van der Waals surface area contributed by atoms with Gasteiger partial charge in [-0.1, -0.05) is 30.3 Å². The molecular formula is C18H16N2O3. The second-order valence-corrected chi connectivity index (χ2v) is 5.91. The van der Waals surface area contributed by atoms with E-state index in [4.69, 9.17) is 4.42 Å². The average molecular weight is 308 g/mol. The van der Waals surface area contributed by atoms with E-state index in [2.05, 4.69) is 10.9 Å². The first-order valence-corrected chi connectivity index (χ1v) is 7.69. The molecule has 5 heteroatoms. The molecule has 116 valence electrons. The van der Waals surface area contributed by atoms with Gasteiger partial charge in [-0.2, -0.15) is 0 Å². The second kappa shape index (κ2) is 5.43. The normalized spacial score (nSPS) is 14.1. The number of furan rings is 1. The number of amides is 2. The predicted octanol–water partition coefficient (Wildman–Crippen LogP) is 2.69. The Hall–Kier alpha value is -2.82. The van der Waals surface area contributed by atoms with E-state index >= 15 is 0 Å². The lowest BCUT2D eigenvalue weighted by atomic mass is 10.0. The molecule has 5 nitrogen and oxygen atoms in total. The molecule has 0 saturated heterocycles. The SMILES string of the molecule is O=C(Cc1coc2ccc3ccccc3c12)NNC(=O)C1CC1. The number of carbonyl (C=O) groups is 2. The molecule has 0 aliphatic heterocycles. The summed E-state index contributed by atoms with van der Waals surface area (Å²) in [6, 6.07) is 11.9. The standard InChI is InChI=1S/C18H16N2O3/c21-16(19-20-18(22)12-5-6-12)9-13-10-23-15-8-7-11-3-1-2-4-14(11)17(13)15/h1-4,7-8,10,12H,5-6,9H2,(H,19,21)(H,20,22). The van der Waals surface area contributed by atoms with Crippen molar-refractivity contribution in [1.82, 2.24) is 10.9 Å². The zero-order valence-corrected chi connectivity index (χ0v) is 12.5. The van der Waals surface area contributed by atoms with Gasteiger partial charge in [0.25, 0.3) is 0 Å². The highest BCUT2D eigenvalue weighted by molar-refractivity contribution is 6.08. The van der Waals surface area contributed by atoms with Crippen molar-refractivity contribution < 1.29 is 14.0 Å². The maximum Gasteiger partial charge on any atom is 0.242 e. The maximum absolute atomic E-state index is 12.1. The van der Waals surface area contributed by atoms with Crippen LogP contribution in [0.15, 0.2) is 47.1 Å². The maximum atomic E-state index is 12.1. The van der Waals surface area contributed by atoms with E-state index in [0.717, 1.165) is 40.1 Å². The molecule has 2 amide bonds. The third-order valence-electron chi connectivity index (χ3n) is 4.16. The van der Waals surface area contributed by atoms with Crippen molar-refractivity contribution in [2.24, 2.45) is 5.92 Å². The van der Waals surface area contributed by atoms with Crippen molar-refractivity contribution >= 4 is 33.6 Å². The Balaban J connectivity index is 1.57. The number of hydrazine groups is 1. The van der Waals surface area contributed by atoms with E-state index in [0.29, 0.717) is 0 Å². The van der Waals surface area contributed by atoms with Crippen LogP contribution in [-0.4, -0.2) is 11.8 Å². The van der Waals surface area contributed by atoms with Crippen molar-refractivity contribution in [3.8, 4) is 0 Å². The molecule has 0 atom stereocenters. The number of carbonyl (C=O) groups excluding carboxylic acids is 2. The summed E-state index contributed by atoms with van der Waals surface area (Å²) in [5.74, 6) is -0.301. The van der Waals surface area contributed by atoms with E-state index in [1.165, 1.54) is 0 Å². The molecule has 1 aliphatic carbocycles. The highest BCUT2D eigenvalue weighted by Crippen LogP contribution is 2.30. The number of nitrogens with one attached hydrogen (secondary N) is 2. The van der Waals surface area contributed by atoms with Crippen LogP contribution in [0.1, 0.15) is 18.4 Å². The molecule has 1 heterocycles. The van der Waals surface area contributed by atoms with Crippen molar-refractivity contribution in [2.75, 3.05) is 0 Å². The topological polar surface area (TPSA) is 71.3 Å². The highest BCUT2D eigenvalue weighted by atomic mass is 16.3. The van der Waals surface area contributed by atoms with E-state index in [1.54, 1.807) is 6.26 Å². The summed E-state index contributed by atoms with van der Waals surface area (Å²) in [5.41, 5.74) is 6.52. The Morgan fingerprint density at radius 2 is 1.91 bits per heavy atom. The van der Waals surface area contributed by atoms with Crippen molar-refractivity contribution in [3.05, 3.63) is 48.2 Å². The summed E-state index contributed by atoms with van der Waals surface area (Å²) in [6.45, 7) is 0. The molecule has 2 aromatic carbocycles. The fourth-order valence-electron chi connectivity index (χ4n) is 2.80. The van der Waals surface area contributed by atoms with E-state index < -0.39 is 0 Å². The third kappa shape index (κ3) is 2.65. The van der Waals surface area contributed by atoms with Crippen molar-refractivity contribution in [2.45, 2.75) is 19.3 Å². The molecule has 4 rings (SSSR count). The molecular weight excluding hydrogens is 292 g/mol. The van der Waals surface area contributed by atoms with E-state index in [-0.39, 0.29) is 24.2 Å². The van der Waals surface area contributed by atoms with E-state index in [1.807, 2.05) is 36.4 Å². The van der Waals surface area contributed by atoms with Gasteiger partial charge in [-0.3, -0.25) is 20.4 Å². The van der Waals surface area contributed by atoms with Gasteiger partial charge < -0.3 is 4.42 Å². The van der Waals surface area contributed by atoms with Gasteiger partial charge in [0.2, 0.25) is 11.8 Å². The molecule has 3 aromatic rings. The zero-order chi connectivity index (χ0) is 15.8. The minimum Gasteiger partial charge on any atom is -0.464 e. The molecule has 1 fully saturated rings. The molecule has 0 unspecified atom stereocenters. The predicted molar refractivity (Wildman–Crippen MR) is 86.4 cm³/mol. The molecule has 0 spiro atoms. The number of fused-ring (bicyclic) bond motifs is 3. The summed E-state index contributed by atoms with van der Waals surface area (Å²) in [7, 11) is 0. The molecule has 0 radical (unpaired) electrons. The lowest BCUT2D eigenvalue weighted by molar-refractivity contribution is -0.129. The Morgan fingerprint density at radius 1 is 1.09 bits per heavy atom. The van der Waals surface area contributed by atoms with Crippen LogP contribution in [0, 0.1) is 5.92 Å². The Kier molecular flexibility index (Phi) is 3.26. The van der Waals surface area contributed by atoms with Crippen LogP contribution in [0.5, 0.6) is 0 Å². The molecule has 23 heavy (non-hydrogen) atoms. The van der Waals surface area contributed by atoms with Crippen LogP contribution >= 0.6 is 0 Å². The van der Waals surface area contributed by atoms with Crippen LogP contribution in [0.4, 0.5) is 0 Å². The van der Waals surface area contributed by atoms with Gasteiger partial charge >= 0.3 is 0 Å². The Bertz CT molecular complexity index is 909. The van der Waals surface area contributed by atoms with Gasteiger partial charge in [0.1, 0.15) is 5.58 Å². The third-order valence-corrected chi connectivity index (χ3v) is 4.16. The summed E-state index contributed by atoms with van der Waals surface area (Å²) in [6.07, 6.45) is 3.57. The Morgan fingerprint density at radius 3 is 2.74 bits per heavy atom. The van der Waals surface area contributed by atoms with Gasteiger partial charge in [0.05, 0.1) is 12.7 Å². The minimum atomic E-state index is -0.255. The molecule has 1 aliphatic rings. The smallest absolute Gasteiger partial charge is 0.242 e. The van der Waals surface area contributed by atoms with Gasteiger partial charge in [0.15, 0.2) is 0 Å². The van der Waals surface area contributed by atoms with E-state index in [9.17, 15) is 9.59 Å². The van der Waals surface area contributed by atoms with Crippen molar-refractivity contribution in [3.63, 3.8) is 0 Å². The molecule has 2 N–H and O–H groups in total. The first-order chi connectivity index (χ1) is 11.2. The van der Waals surface area contributed by atoms with Gasteiger partial charge in [-0.15, -0.1) is 0 Å². The van der Waals surface area contributed by atoms with Crippen LogP contribution in [0.3, 0.4) is 0 Å². The van der Waals surface area contributed by atoms with Gasteiger partial charge in [-0.05, 0) is 29.7 Å². The fourth-order valence-corrected chi connectivity index (χ4v) is 2.80. The quantitative estimate of drug-likeness (QED) is 0.731. The van der Waals surface area contributed by atoms with Crippen LogP contribution in [0.25, 0.3) is 21.7 Å². The van der Waals surface area contributed by atoms with Crippen molar-refractivity contribution in [1.29, 1.82) is 0 Å². The summed E-state index contributed by atoms with van der Waals surface area (Å²) in [4.78, 5) is 23.6. The number of benzene rings is 2. The first kappa shape index (κ1) is 13.8. The monoisotopic (exact) mass is 308 g/mol. The van der Waals surface area contributed by atoms with Crippen LogP contribution in [-0.2, 0) is 16.0 Å². The highest BCUT2D eigenvalue weighted by Gasteiger charge is 2.29. The zero-order valence-electron chi connectivity index (χ0n) is 12.5. The first-order valence-electron chi connectivity index (χ1n) is 7.69. The number of rotatable bonds is 3. The minimum absolute atomic E-state index is 0.0639. The number of hydrogen-bond acceptors (Lipinski definition) is 3. The molecule has 1 aromatic heterocycles. The fraction of sp³-hybridized carbons (Fsp3) is 0.222. The summed E-state index contributed by atoms with van der Waals surface area (Å²) >= 11 is 0. The Labute approximate surface area is 132 Å². The summed E-state index contributed by atoms with van der Waals surface area (Å²) in [5, 5.41) is 3.11. The number of hydrogen-bond donors (Lipinski definition) is 2. The largest absolute Gasteiger partial charge is 0.464 e. The lowest BCUT2D eigenvalue weighted by Crippen LogP contribution is -2.43.